The molecule has 36 heavy (non-hydrogen) atoms. The summed E-state index contributed by atoms with van der Waals surface area (Å²) in [5.41, 5.74) is 0.234. The molecule has 1 unspecified atom stereocenters. The first-order valence-corrected chi connectivity index (χ1v) is 14.7. The number of carbonyl (C=O) groups is 1. The third-order valence-corrected chi connectivity index (χ3v) is 10.4. The SMILES string of the molecule is COc1ccc(S(=O)(=O)N2CCCC(C(=O)Nc3cc(S(=O)(=O)N4CCCC4)ccc3OC)C2)cc1. The van der Waals surface area contributed by atoms with Crippen LogP contribution in [-0.4, -0.2) is 71.8 Å². The van der Waals surface area contributed by atoms with Gasteiger partial charge in [0.2, 0.25) is 26.0 Å². The maximum Gasteiger partial charge on any atom is 0.243 e. The number of methoxy groups -OCH3 is 2. The van der Waals surface area contributed by atoms with E-state index in [2.05, 4.69) is 5.32 Å². The fraction of sp³-hybridized carbons (Fsp3) is 0.458. The molecule has 0 bridgehead atoms. The number of rotatable bonds is 8. The molecule has 0 spiro atoms. The van der Waals surface area contributed by atoms with Crippen molar-refractivity contribution in [3.8, 4) is 11.5 Å². The Bertz CT molecular complexity index is 1310. The Hall–Kier alpha value is -2.67. The quantitative estimate of drug-likeness (QED) is 0.549. The first-order chi connectivity index (χ1) is 17.2. The van der Waals surface area contributed by atoms with E-state index in [4.69, 9.17) is 9.47 Å². The van der Waals surface area contributed by atoms with Gasteiger partial charge < -0.3 is 14.8 Å². The van der Waals surface area contributed by atoms with Crippen LogP contribution in [0.25, 0.3) is 0 Å². The van der Waals surface area contributed by atoms with Crippen molar-refractivity contribution in [1.29, 1.82) is 0 Å². The molecule has 196 valence electrons. The van der Waals surface area contributed by atoms with Crippen LogP contribution >= 0.6 is 0 Å². The van der Waals surface area contributed by atoms with Crippen LogP contribution in [0, 0.1) is 5.92 Å². The number of anilines is 1. The van der Waals surface area contributed by atoms with Crippen molar-refractivity contribution < 1.29 is 31.1 Å². The molecule has 0 radical (unpaired) electrons. The third kappa shape index (κ3) is 5.36. The molecule has 2 saturated heterocycles. The number of hydrogen-bond acceptors (Lipinski definition) is 7. The number of carbonyl (C=O) groups excluding carboxylic acids is 1. The number of piperidine rings is 1. The number of hydrogen-bond donors (Lipinski definition) is 1. The van der Waals surface area contributed by atoms with E-state index in [0.29, 0.717) is 44.0 Å². The van der Waals surface area contributed by atoms with E-state index < -0.39 is 31.9 Å². The molecule has 2 aliphatic heterocycles. The topological polar surface area (TPSA) is 122 Å². The lowest BCUT2D eigenvalue weighted by molar-refractivity contribution is -0.120. The molecule has 12 heteroatoms. The second-order valence-corrected chi connectivity index (χ2v) is 12.7. The zero-order chi connectivity index (χ0) is 25.9. The minimum absolute atomic E-state index is 0.0221. The Labute approximate surface area is 212 Å². The Balaban J connectivity index is 1.51. The zero-order valence-electron chi connectivity index (χ0n) is 20.3. The van der Waals surface area contributed by atoms with Crippen LogP contribution in [0.1, 0.15) is 25.7 Å². The van der Waals surface area contributed by atoms with Gasteiger partial charge in [-0.3, -0.25) is 4.79 Å². The summed E-state index contributed by atoms with van der Waals surface area (Å²) in [6.45, 7) is 1.27. The lowest BCUT2D eigenvalue weighted by Crippen LogP contribution is -2.43. The first-order valence-electron chi connectivity index (χ1n) is 11.8. The molecular weight excluding hydrogens is 506 g/mol. The van der Waals surface area contributed by atoms with Gasteiger partial charge in [0.1, 0.15) is 11.5 Å². The van der Waals surface area contributed by atoms with E-state index >= 15 is 0 Å². The van der Waals surface area contributed by atoms with Gasteiger partial charge in [0, 0.05) is 26.2 Å². The summed E-state index contributed by atoms with van der Waals surface area (Å²) < 4.78 is 65.5. The highest BCUT2D eigenvalue weighted by Gasteiger charge is 2.34. The van der Waals surface area contributed by atoms with Gasteiger partial charge >= 0.3 is 0 Å². The number of amides is 1. The maximum absolute atomic E-state index is 13.2. The standard InChI is InChI=1S/C24H31N3O7S2/c1-33-19-7-9-20(10-8-19)35(29,30)27-15-5-6-18(17-27)24(28)25-22-16-21(11-12-23(22)34-2)36(31,32)26-13-3-4-14-26/h7-12,16,18H,3-6,13-15,17H2,1-2H3,(H,25,28). The molecule has 1 amide bonds. The van der Waals surface area contributed by atoms with Gasteiger partial charge in [0.15, 0.2) is 0 Å². The van der Waals surface area contributed by atoms with Gasteiger partial charge in [0.05, 0.1) is 35.6 Å². The highest BCUT2D eigenvalue weighted by Crippen LogP contribution is 2.32. The highest BCUT2D eigenvalue weighted by molar-refractivity contribution is 7.89. The molecule has 0 saturated carbocycles. The monoisotopic (exact) mass is 537 g/mol. The molecule has 4 rings (SSSR count). The fourth-order valence-electron chi connectivity index (χ4n) is 4.53. The third-order valence-electron chi connectivity index (χ3n) is 6.58. The normalized spacial score (nSPS) is 19.7. The fourth-order valence-corrected chi connectivity index (χ4v) is 7.60. The average molecular weight is 538 g/mol. The molecule has 10 nitrogen and oxygen atoms in total. The van der Waals surface area contributed by atoms with Gasteiger partial charge in [0.25, 0.3) is 0 Å². The Morgan fingerprint density at radius 1 is 0.833 bits per heavy atom. The molecule has 2 heterocycles. The Kier molecular flexibility index (Phi) is 7.88. The largest absolute Gasteiger partial charge is 0.497 e. The summed E-state index contributed by atoms with van der Waals surface area (Å²) in [4.78, 5) is 13.4. The maximum atomic E-state index is 13.2. The Morgan fingerprint density at radius 2 is 1.44 bits per heavy atom. The summed E-state index contributed by atoms with van der Waals surface area (Å²) >= 11 is 0. The molecule has 2 aromatic rings. The minimum Gasteiger partial charge on any atom is -0.497 e. The summed E-state index contributed by atoms with van der Waals surface area (Å²) in [5.74, 6) is -0.121. The van der Waals surface area contributed by atoms with Crippen molar-refractivity contribution in [2.75, 3.05) is 45.7 Å². The smallest absolute Gasteiger partial charge is 0.243 e. The molecule has 1 N–H and O–H groups in total. The van der Waals surface area contributed by atoms with E-state index in [-0.39, 0.29) is 22.0 Å². The summed E-state index contributed by atoms with van der Waals surface area (Å²) in [6.07, 6.45) is 2.66. The Morgan fingerprint density at radius 3 is 2.08 bits per heavy atom. The molecule has 2 fully saturated rings. The predicted octanol–water partition coefficient (Wildman–Crippen LogP) is 2.53. The van der Waals surface area contributed by atoms with Crippen LogP contribution in [0.5, 0.6) is 11.5 Å². The molecule has 2 aliphatic rings. The number of sulfonamides is 2. The zero-order valence-corrected chi connectivity index (χ0v) is 22.0. The van der Waals surface area contributed by atoms with Crippen LogP contribution in [0.15, 0.2) is 52.3 Å². The first kappa shape index (κ1) is 26.4. The van der Waals surface area contributed by atoms with Crippen LogP contribution in [0.4, 0.5) is 5.69 Å². The number of nitrogens with one attached hydrogen (secondary N) is 1. The highest BCUT2D eigenvalue weighted by atomic mass is 32.2. The molecule has 2 aromatic carbocycles. The van der Waals surface area contributed by atoms with Gasteiger partial charge in [-0.2, -0.15) is 8.61 Å². The van der Waals surface area contributed by atoms with Crippen molar-refractivity contribution in [3.05, 3.63) is 42.5 Å². The predicted molar refractivity (Wildman–Crippen MR) is 134 cm³/mol. The van der Waals surface area contributed by atoms with Gasteiger partial charge in [-0.15, -0.1) is 0 Å². The molecule has 0 aliphatic carbocycles. The summed E-state index contributed by atoms with van der Waals surface area (Å²) in [5, 5.41) is 2.78. The van der Waals surface area contributed by atoms with E-state index in [9.17, 15) is 21.6 Å². The van der Waals surface area contributed by atoms with Gasteiger partial charge in [-0.05, 0) is 68.1 Å². The molecule has 0 aromatic heterocycles. The van der Waals surface area contributed by atoms with Crippen molar-refractivity contribution in [3.63, 3.8) is 0 Å². The minimum atomic E-state index is -3.79. The van der Waals surface area contributed by atoms with Crippen molar-refractivity contribution in [2.24, 2.45) is 5.92 Å². The number of nitrogens with zero attached hydrogens (tertiary/aromatic N) is 2. The van der Waals surface area contributed by atoms with Crippen molar-refractivity contribution >= 4 is 31.6 Å². The van der Waals surface area contributed by atoms with Crippen LogP contribution in [0.3, 0.4) is 0 Å². The average Bonchev–Trinajstić information content (AvgIpc) is 3.45. The van der Waals surface area contributed by atoms with Crippen LogP contribution in [0.2, 0.25) is 0 Å². The van der Waals surface area contributed by atoms with E-state index in [1.165, 1.54) is 53.2 Å². The summed E-state index contributed by atoms with van der Waals surface area (Å²) in [6, 6.07) is 10.5. The van der Waals surface area contributed by atoms with Crippen LogP contribution in [-0.2, 0) is 24.8 Å². The summed E-state index contributed by atoms with van der Waals surface area (Å²) in [7, 11) is -4.53. The van der Waals surface area contributed by atoms with Crippen molar-refractivity contribution in [1.82, 2.24) is 8.61 Å². The number of ether oxygens (including phenoxy) is 2. The van der Waals surface area contributed by atoms with Crippen LogP contribution < -0.4 is 14.8 Å². The second-order valence-electron chi connectivity index (χ2n) is 8.84. The second kappa shape index (κ2) is 10.8. The molecular formula is C24H31N3O7S2. The lowest BCUT2D eigenvalue weighted by Gasteiger charge is -2.31. The van der Waals surface area contributed by atoms with Gasteiger partial charge in [-0.1, -0.05) is 0 Å². The van der Waals surface area contributed by atoms with E-state index in [0.717, 1.165) is 12.8 Å². The number of benzene rings is 2. The lowest BCUT2D eigenvalue weighted by atomic mass is 9.98. The van der Waals surface area contributed by atoms with Gasteiger partial charge in [-0.25, -0.2) is 16.8 Å². The van der Waals surface area contributed by atoms with Crippen molar-refractivity contribution in [2.45, 2.75) is 35.5 Å². The van der Waals surface area contributed by atoms with E-state index in [1.54, 1.807) is 12.1 Å². The van der Waals surface area contributed by atoms with E-state index in [1.807, 2.05) is 0 Å². The molecule has 1 atom stereocenters.